The highest BCUT2D eigenvalue weighted by Gasteiger charge is 2.25. The van der Waals surface area contributed by atoms with Crippen molar-refractivity contribution in [2.45, 2.75) is 51.3 Å². The Labute approximate surface area is 89.4 Å². The zero-order valence-electron chi connectivity index (χ0n) is 8.54. The van der Waals surface area contributed by atoms with Crippen molar-refractivity contribution in [3.05, 3.63) is 0 Å². The van der Waals surface area contributed by atoms with Gasteiger partial charge in [0.1, 0.15) is 0 Å². The molecule has 0 bridgehead atoms. The third-order valence-corrected chi connectivity index (χ3v) is 3.72. The normalized spacial score (nSPS) is 33.2. The number of piperidine rings is 1. The van der Waals surface area contributed by atoms with Crippen LogP contribution in [0.25, 0.3) is 0 Å². The molecule has 1 saturated heterocycles. The van der Waals surface area contributed by atoms with E-state index in [1.54, 1.807) is 0 Å². The van der Waals surface area contributed by atoms with E-state index in [1.807, 2.05) is 0 Å². The summed E-state index contributed by atoms with van der Waals surface area (Å²) in [5.74, 6) is 0. The van der Waals surface area contributed by atoms with E-state index in [1.165, 1.54) is 19.3 Å². The molecule has 0 aromatic rings. The molecule has 1 aliphatic heterocycles. The number of likely N-dealkylation sites (tertiary alicyclic amines) is 1. The maximum absolute atomic E-state index is 9.56. The van der Waals surface area contributed by atoms with E-state index in [9.17, 15) is 5.11 Å². The summed E-state index contributed by atoms with van der Waals surface area (Å²) in [6.07, 6.45) is 3.67. The van der Waals surface area contributed by atoms with Gasteiger partial charge < -0.3 is 5.11 Å². The van der Waals surface area contributed by atoms with E-state index in [0.29, 0.717) is 17.4 Å². The van der Waals surface area contributed by atoms with E-state index < -0.39 is 0 Å². The van der Waals surface area contributed by atoms with Crippen molar-refractivity contribution in [1.82, 2.24) is 4.90 Å². The second kappa shape index (κ2) is 5.32. The molecule has 3 heteroatoms. The van der Waals surface area contributed by atoms with Crippen molar-refractivity contribution in [1.29, 1.82) is 0 Å². The first-order valence-corrected chi connectivity index (χ1v) is 6.27. The predicted octanol–water partition coefficient (Wildman–Crippen LogP) is 2.01. The summed E-state index contributed by atoms with van der Waals surface area (Å²) in [6.45, 7) is 5.33. The first kappa shape index (κ1) is 11.5. The van der Waals surface area contributed by atoms with E-state index in [2.05, 4.69) is 34.7 Å². The zero-order valence-corrected chi connectivity index (χ0v) is 10.1. The SMILES string of the molecule is CC1CCCC(C)N1CC(O)CBr. The molecule has 0 radical (unpaired) electrons. The number of halogens is 1. The second-order valence-corrected chi connectivity index (χ2v) is 4.78. The summed E-state index contributed by atoms with van der Waals surface area (Å²) in [4.78, 5) is 2.43. The van der Waals surface area contributed by atoms with Crippen molar-refractivity contribution >= 4 is 15.9 Å². The fraction of sp³-hybridized carbons (Fsp3) is 1.00. The Morgan fingerprint density at radius 2 is 1.92 bits per heavy atom. The van der Waals surface area contributed by atoms with Crippen LogP contribution in [0.3, 0.4) is 0 Å². The largest absolute Gasteiger partial charge is 0.391 e. The molecular weight excluding hydrogens is 230 g/mol. The lowest BCUT2D eigenvalue weighted by atomic mass is 9.97. The maximum Gasteiger partial charge on any atom is 0.0763 e. The van der Waals surface area contributed by atoms with Crippen LogP contribution in [-0.4, -0.2) is 40.1 Å². The van der Waals surface area contributed by atoms with Gasteiger partial charge in [0.15, 0.2) is 0 Å². The smallest absolute Gasteiger partial charge is 0.0763 e. The quantitative estimate of drug-likeness (QED) is 0.774. The molecule has 2 nitrogen and oxygen atoms in total. The fourth-order valence-corrected chi connectivity index (χ4v) is 2.33. The summed E-state index contributed by atoms with van der Waals surface area (Å²) >= 11 is 3.30. The Morgan fingerprint density at radius 1 is 1.38 bits per heavy atom. The standard InChI is InChI=1S/C10H20BrNO/c1-8-4-3-5-9(2)12(8)7-10(13)6-11/h8-10,13H,3-7H2,1-2H3. The van der Waals surface area contributed by atoms with Gasteiger partial charge in [0, 0.05) is 24.0 Å². The summed E-state index contributed by atoms with van der Waals surface area (Å²) in [5.41, 5.74) is 0. The molecule has 0 aliphatic carbocycles. The molecule has 0 aromatic heterocycles. The molecule has 1 fully saturated rings. The van der Waals surface area contributed by atoms with Gasteiger partial charge in [-0.3, -0.25) is 4.90 Å². The fourth-order valence-electron chi connectivity index (χ4n) is 2.13. The number of β-amino-alcohol motifs (C(OH)–C–C–N with tert-alkyl or cyclic N) is 1. The highest BCUT2D eigenvalue weighted by Crippen LogP contribution is 2.22. The molecule has 78 valence electrons. The van der Waals surface area contributed by atoms with Crippen LogP contribution in [0.2, 0.25) is 0 Å². The third-order valence-electron chi connectivity index (χ3n) is 2.98. The van der Waals surface area contributed by atoms with E-state index in [0.717, 1.165) is 6.54 Å². The van der Waals surface area contributed by atoms with Crippen LogP contribution in [0.1, 0.15) is 33.1 Å². The van der Waals surface area contributed by atoms with Crippen LogP contribution in [0.5, 0.6) is 0 Å². The molecule has 1 N–H and O–H groups in total. The molecule has 1 heterocycles. The topological polar surface area (TPSA) is 23.5 Å². The van der Waals surface area contributed by atoms with Crippen LogP contribution in [0.4, 0.5) is 0 Å². The van der Waals surface area contributed by atoms with Gasteiger partial charge in [-0.2, -0.15) is 0 Å². The van der Waals surface area contributed by atoms with Crippen molar-refractivity contribution in [3.8, 4) is 0 Å². The molecule has 0 saturated carbocycles. The lowest BCUT2D eigenvalue weighted by molar-refractivity contribution is 0.0511. The lowest BCUT2D eigenvalue weighted by Crippen LogP contribution is -2.47. The average Bonchev–Trinajstić information content (AvgIpc) is 2.11. The van der Waals surface area contributed by atoms with Crippen molar-refractivity contribution < 1.29 is 5.11 Å². The van der Waals surface area contributed by atoms with Gasteiger partial charge in [0.25, 0.3) is 0 Å². The minimum atomic E-state index is -0.219. The minimum Gasteiger partial charge on any atom is -0.391 e. The molecule has 0 spiro atoms. The number of aliphatic hydroxyl groups excluding tert-OH is 1. The molecule has 0 amide bonds. The van der Waals surface area contributed by atoms with Crippen LogP contribution < -0.4 is 0 Å². The number of hydrogen-bond acceptors (Lipinski definition) is 2. The van der Waals surface area contributed by atoms with Gasteiger partial charge in [-0.15, -0.1) is 0 Å². The molecule has 13 heavy (non-hydrogen) atoms. The molecule has 0 aromatic carbocycles. The highest BCUT2D eigenvalue weighted by molar-refractivity contribution is 9.09. The van der Waals surface area contributed by atoms with Crippen molar-refractivity contribution in [3.63, 3.8) is 0 Å². The van der Waals surface area contributed by atoms with E-state index in [-0.39, 0.29) is 6.10 Å². The van der Waals surface area contributed by atoms with Crippen LogP contribution in [0.15, 0.2) is 0 Å². The summed E-state index contributed by atoms with van der Waals surface area (Å²) in [7, 11) is 0. The Morgan fingerprint density at radius 3 is 2.38 bits per heavy atom. The Kier molecular flexibility index (Phi) is 4.70. The minimum absolute atomic E-state index is 0.219. The number of nitrogens with zero attached hydrogens (tertiary/aromatic N) is 1. The Hall–Kier alpha value is 0.400. The van der Waals surface area contributed by atoms with Gasteiger partial charge in [-0.05, 0) is 26.7 Å². The maximum atomic E-state index is 9.56. The third kappa shape index (κ3) is 3.22. The van der Waals surface area contributed by atoms with Gasteiger partial charge in [-0.25, -0.2) is 0 Å². The summed E-state index contributed by atoms with van der Waals surface area (Å²) < 4.78 is 0. The molecule has 1 rings (SSSR count). The number of alkyl halides is 1. The Balaban J connectivity index is 2.43. The lowest BCUT2D eigenvalue weighted by Gasteiger charge is -2.39. The molecule has 3 atom stereocenters. The van der Waals surface area contributed by atoms with Crippen LogP contribution in [-0.2, 0) is 0 Å². The van der Waals surface area contributed by atoms with Crippen LogP contribution >= 0.6 is 15.9 Å². The van der Waals surface area contributed by atoms with Gasteiger partial charge in [-0.1, -0.05) is 22.4 Å². The zero-order chi connectivity index (χ0) is 9.84. The summed E-state index contributed by atoms with van der Waals surface area (Å²) in [5, 5.41) is 10.2. The van der Waals surface area contributed by atoms with E-state index >= 15 is 0 Å². The average molecular weight is 250 g/mol. The summed E-state index contributed by atoms with van der Waals surface area (Å²) in [6, 6.07) is 1.27. The predicted molar refractivity (Wildman–Crippen MR) is 59.3 cm³/mol. The van der Waals surface area contributed by atoms with Gasteiger partial charge in [0.2, 0.25) is 0 Å². The van der Waals surface area contributed by atoms with Crippen LogP contribution in [0, 0.1) is 0 Å². The van der Waals surface area contributed by atoms with Gasteiger partial charge >= 0.3 is 0 Å². The first-order chi connectivity index (χ1) is 6.15. The van der Waals surface area contributed by atoms with Gasteiger partial charge in [0.05, 0.1) is 6.10 Å². The number of hydrogen-bond donors (Lipinski definition) is 1. The molecule has 1 aliphatic rings. The van der Waals surface area contributed by atoms with E-state index in [4.69, 9.17) is 0 Å². The monoisotopic (exact) mass is 249 g/mol. The number of aliphatic hydroxyl groups is 1. The number of rotatable bonds is 3. The van der Waals surface area contributed by atoms with Crippen molar-refractivity contribution in [2.24, 2.45) is 0 Å². The Bertz CT molecular complexity index is 144. The second-order valence-electron chi connectivity index (χ2n) is 4.13. The highest BCUT2D eigenvalue weighted by atomic mass is 79.9. The molecule has 3 unspecified atom stereocenters. The first-order valence-electron chi connectivity index (χ1n) is 5.15. The van der Waals surface area contributed by atoms with Crippen molar-refractivity contribution in [2.75, 3.05) is 11.9 Å². The molecular formula is C10H20BrNO.